The minimum atomic E-state index is -0.194. The summed E-state index contributed by atoms with van der Waals surface area (Å²) in [5.74, 6) is -0.194. The van der Waals surface area contributed by atoms with E-state index in [-0.39, 0.29) is 5.82 Å². The van der Waals surface area contributed by atoms with Crippen molar-refractivity contribution in [2.24, 2.45) is 0 Å². The molecule has 0 aliphatic carbocycles. The van der Waals surface area contributed by atoms with Crippen LogP contribution in [0.3, 0.4) is 0 Å². The molecule has 0 amide bonds. The average Bonchev–Trinajstić information content (AvgIpc) is 2.13. The van der Waals surface area contributed by atoms with Gasteiger partial charge in [-0.2, -0.15) is 0 Å². The maximum Gasteiger partial charge on any atom is 0.293 e. The van der Waals surface area contributed by atoms with E-state index in [1.807, 2.05) is 0 Å². The van der Waals surface area contributed by atoms with E-state index in [0.29, 0.717) is 18.6 Å². The van der Waals surface area contributed by atoms with E-state index in [1.54, 1.807) is 13.8 Å². The molecule has 72 valence electrons. The number of hydrogen-bond donors (Lipinski definition) is 0. The van der Waals surface area contributed by atoms with Gasteiger partial charge in [0, 0.05) is 18.0 Å². The molecule has 0 unspecified atom stereocenters. The molecule has 0 fully saturated rings. The topological polar surface area (TPSA) is 39.2 Å². The molecule has 0 N–H and O–H groups in total. The second-order valence-electron chi connectivity index (χ2n) is 2.18. The van der Waals surface area contributed by atoms with Gasteiger partial charge in [0.25, 0.3) is 6.47 Å². The molecular formula is C9H12FNO2. The summed E-state index contributed by atoms with van der Waals surface area (Å²) in [6.45, 7) is 4.35. The lowest BCUT2D eigenvalue weighted by Crippen LogP contribution is -1.80. The molecule has 0 bridgehead atoms. The van der Waals surface area contributed by atoms with Crippen LogP contribution in [0.25, 0.3) is 0 Å². The molecule has 0 spiro atoms. The number of rotatable bonds is 2. The molecule has 0 aliphatic heterocycles. The van der Waals surface area contributed by atoms with Crippen LogP contribution in [0.1, 0.15) is 12.5 Å². The second kappa shape index (κ2) is 7.21. The molecule has 0 radical (unpaired) electrons. The third kappa shape index (κ3) is 5.78. The number of halogens is 1. The molecule has 3 nitrogen and oxygen atoms in total. The first kappa shape index (κ1) is 11.6. The molecule has 4 heteroatoms. The van der Waals surface area contributed by atoms with Gasteiger partial charge in [0.05, 0.1) is 6.61 Å². The molecular weight excluding hydrogens is 173 g/mol. The Hall–Kier alpha value is -1.45. The van der Waals surface area contributed by atoms with Gasteiger partial charge in [-0.3, -0.25) is 9.78 Å². The number of nitrogens with zero attached hydrogens (tertiary/aromatic N) is 1. The summed E-state index contributed by atoms with van der Waals surface area (Å²) < 4.78 is 16.4. The molecule has 1 aromatic rings. The Morgan fingerprint density at radius 1 is 1.69 bits per heavy atom. The van der Waals surface area contributed by atoms with Crippen LogP contribution in [0.2, 0.25) is 0 Å². The molecule has 0 aliphatic rings. The standard InChI is InChI=1S/C6H6FN.C3H6O2/c1-5-4-8-3-2-6(5)7;1-2-5-3-4/h2-4H,1H3;3H,2H2,1H3. The number of hydrogen-bond acceptors (Lipinski definition) is 3. The van der Waals surface area contributed by atoms with Crippen LogP contribution in [-0.2, 0) is 9.53 Å². The summed E-state index contributed by atoms with van der Waals surface area (Å²) in [6, 6.07) is 1.34. The van der Waals surface area contributed by atoms with Crippen molar-refractivity contribution in [3.8, 4) is 0 Å². The van der Waals surface area contributed by atoms with Crippen molar-refractivity contribution in [3.63, 3.8) is 0 Å². The normalized spacial score (nSPS) is 8.23. The van der Waals surface area contributed by atoms with Crippen molar-refractivity contribution >= 4 is 6.47 Å². The SMILES string of the molecule is CCOC=O.Cc1cnccc1F. The zero-order chi connectivity index (χ0) is 10.1. The first-order valence-corrected chi connectivity index (χ1v) is 3.83. The van der Waals surface area contributed by atoms with Gasteiger partial charge in [-0.15, -0.1) is 0 Å². The lowest BCUT2D eigenvalue weighted by Gasteiger charge is -1.88. The zero-order valence-electron chi connectivity index (χ0n) is 7.66. The Bertz CT molecular complexity index is 232. The quantitative estimate of drug-likeness (QED) is 0.658. The summed E-state index contributed by atoms with van der Waals surface area (Å²) in [6.07, 6.45) is 2.93. The number of aryl methyl sites for hydroxylation is 1. The number of carbonyl (C=O) groups is 1. The Morgan fingerprint density at radius 3 is 2.62 bits per heavy atom. The van der Waals surface area contributed by atoms with Gasteiger partial charge in [0.1, 0.15) is 5.82 Å². The first-order chi connectivity index (χ1) is 6.22. The Kier molecular flexibility index (Phi) is 6.41. The maximum atomic E-state index is 12.3. The number of ether oxygens (including phenoxy) is 1. The van der Waals surface area contributed by atoms with E-state index in [1.165, 1.54) is 18.5 Å². The van der Waals surface area contributed by atoms with Crippen LogP contribution in [0.15, 0.2) is 18.5 Å². The lowest BCUT2D eigenvalue weighted by molar-refractivity contribution is -0.128. The van der Waals surface area contributed by atoms with Crippen LogP contribution in [0.5, 0.6) is 0 Å². The van der Waals surface area contributed by atoms with E-state index in [4.69, 9.17) is 0 Å². The van der Waals surface area contributed by atoms with E-state index in [0.717, 1.165) is 0 Å². The Labute approximate surface area is 76.6 Å². The van der Waals surface area contributed by atoms with Crippen molar-refractivity contribution < 1.29 is 13.9 Å². The van der Waals surface area contributed by atoms with Crippen LogP contribution in [0.4, 0.5) is 4.39 Å². The van der Waals surface area contributed by atoms with Crippen molar-refractivity contribution in [2.45, 2.75) is 13.8 Å². The van der Waals surface area contributed by atoms with Crippen molar-refractivity contribution in [2.75, 3.05) is 6.61 Å². The third-order valence-corrected chi connectivity index (χ3v) is 1.19. The summed E-state index contributed by atoms with van der Waals surface area (Å²) in [4.78, 5) is 12.9. The van der Waals surface area contributed by atoms with Gasteiger partial charge in [-0.25, -0.2) is 4.39 Å². The number of aromatic nitrogens is 1. The minimum Gasteiger partial charge on any atom is -0.468 e. The molecule has 1 heterocycles. The first-order valence-electron chi connectivity index (χ1n) is 3.83. The van der Waals surface area contributed by atoms with E-state index in [9.17, 15) is 9.18 Å². The van der Waals surface area contributed by atoms with Gasteiger partial charge >= 0.3 is 0 Å². The summed E-state index contributed by atoms with van der Waals surface area (Å²) in [5.41, 5.74) is 0.590. The predicted molar refractivity (Wildman–Crippen MR) is 46.6 cm³/mol. The lowest BCUT2D eigenvalue weighted by atomic mass is 10.3. The van der Waals surface area contributed by atoms with Gasteiger partial charge < -0.3 is 4.74 Å². The molecule has 1 rings (SSSR count). The van der Waals surface area contributed by atoms with Crippen molar-refractivity contribution in [3.05, 3.63) is 29.8 Å². The van der Waals surface area contributed by atoms with Crippen LogP contribution < -0.4 is 0 Å². The van der Waals surface area contributed by atoms with E-state index < -0.39 is 0 Å². The largest absolute Gasteiger partial charge is 0.468 e. The molecule has 0 aromatic carbocycles. The summed E-state index contributed by atoms with van der Waals surface area (Å²) in [7, 11) is 0. The molecule has 0 atom stereocenters. The van der Waals surface area contributed by atoms with E-state index >= 15 is 0 Å². The van der Waals surface area contributed by atoms with Gasteiger partial charge in [-0.1, -0.05) is 0 Å². The molecule has 0 saturated carbocycles. The minimum absolute atomic E-state index is 0.194. The Balaban J connectivity index is 0.000000252. The number of pyridine rings is 1. The summed E-state index contributed by atoms with van der Waals surface area (Å²) >= 11 is 0. The van der Waals surface area contributed by atoms with Gasteiger partial charge in [0.2, 0.25) is 0 Å². The highest BCUT2D eigenvalue weighted by atomic mass is 19.1. The Morgan fingerprint density at radius 2 is 2.38 bits per heavy atom. The highest BCUT2D eigenvalue weighted by Gasteiger charge is 1.89. The fraction of sp³-hybridized carbons (Fsp3) is 0.333. The highest BCUT2D eigenvalue weighted by Crippen LogP contribution is 1.99. The fourth-order valence-electron chi connectivity index (χ4n) is 0.524. The van der Waals surface area contributed by atoms with Crippen molar-refractivity contribution in [1.29, 1.82) is 0 Å². The zero-order valence-corrected chi connectivity index (χ0v) is 7.66. The van der Waals surface area contributed by atoms with Crippen LogP contribution in [-0.4, -0.2) is 18.1 Å². The molecule has 0 saturated heterocycles. The number of carbonyl (C=O) groups excluding carboxylic acids is 1. The van der Waals surface area contributed by atoms with Crippen LogP contribution in [0, 0.1) is 12.7 Å². The maximum absolute atomic E-state index is 12.3. The second-order valence-corrected chi connectivity index (χ2v) is 2.18. The monoisotopic (exact) mass is 185 g/mol. The van der Waals surface area contributed by atoms with Gasteiger partial charge in [-0.05, 0) is 19.9 Å². The predicted octanol–water partition coefficient (Wildman–Crippen LogP) is 1.71. The molecule has 13 heavy (non-hydrogen) atoms. The van der Waals surface area contributed by atoms with Crippen molar-refractivity contribution in [1.82, 2.24) is 4.98 Å². The van der Waals surface area contributed by atoms with Gasteiger partial charge in [0.15, 0.2) is 0 Å². The third-order valence-electron chi connectivity index (χ3n) is 1.19. The van der Waals surface area contributed by atoms with Crippen LogP contribution >= 0.6 is 0 Å². The smallest absolute Gasteiger partial charge is 0.293 e. The van der Waals surface area contributed by atoms with E-state index in [2.05, 4.69) is 9.72 Å². The summed E-state index contributed by atoms with van der Waals surface area (Å²) in [5, 5.41) is 0. The molecule has 1 aromatic heterocycles. The average molecular weight is 185 g/mol. The fourth-order valence-corrected chi connectivity index (χ4v) is 0.524. The highest BCUT2D eigenvalue weighted by molar-refractivity contribution is 5.36.